The van der Waals surface area contributed by atoms with E-state index in [0.717, 1.165) is 35.7 Å². The van der Waals surface area contributed by atoms with Gasteiger partial charge in [-0.25, -0.2) is 0 Å². The molecule has 1 saturated carbocycles. The van der Waals surface area contributed by atoms with Gasteiger partial charge in [-0.3, -0.25) is 4.79 Å². The molecule has 0 saturated heterocycles. The van der Waals surface area contributed by atoms with Gasteiger partial charge in [-0.2, -0.15) is 0 Å². The van der Waals surface area contributed by atoms with E-state index in [0.29, 0.717) is 6.54 Å². The molecular weight excluding hydrogens is 294 g/mol. The second-order valence-corrected chi connectivity index (χ2v) is 5.83. The Hall–Kier alpha value is -0.870. The molecule has 0 amide bonds. The molecule has 3 nitrogen and oxygen atoms in total. The lowest BCUT2D eigenvalue weighted by Gasteiger charge is -2.33. The summed E-state index contributed by atoms with van der Waals surface area (Å²) in [6.07, 6.45) is 3.41. The van der Waals surface area contributed by atoms with Gasteiger partial charge < -0.3 is 10.8 Å². The van der Waals surface area contributed by atoms with Gasteiger partial charge in [0.05, 0.1) is 5.41 Å². The Morgan fingerprint density at radius 3 is 2.50 bits per heavy atom. The summed E-state index contributed by atoms with van der Waals surface area (Å²) in [5.41, 5.74) is 6.23. The van der Waals surface area contributed by atoms with Crippen molar-refractivity contribution in [2.45, 2.75) is 31.6 Å². The van der Waals surface area contributed by atoms with E-state index in [9.17, 15) is 9.90 Å². The molecule has 98 valence electrons. The van der Waals surface area contributed by atoms with Gasteiger partial charge in [-0.05, 0) is 24.5 Å². The van der Waals surface area contributed by atoms with E-state index in [1.54, 1.807) is 0 Å². The number of carbonyl (C=O) groups is 1. The van der Waals surface area contributed by atoms with Crippen molar-refractivity contribution in [2.75, 3.05) is 6.54 Å². The van der Waals surface area contributed by atoms with E-state index in [4.69, 9.17) is 5.73 Å². The molecule has 1 fully saturated rings. The lowest BCUT2D eigenvalue weighted by Crippen LogP contribution is -2.38. The van der Waals surface area contributed by atoms with Crippen molar-refractivity contribution in [2.24, 2.45) is 11.1 Å². The minimum Gasteiger partial charge on any atom is -0.481 e. The maximum atomic E-state index is 11.7. The number of hydrogen-bond acceptors (Lipinski definition) is 2. The van der Waals surface area contributed by atoms with Crippen LogP contribution in [0.3, 0.4) is 0 Å². The lowest BCUT2D eigenvalue weighted by molar-refractivity contribution is -0.150. The molecule has 0 aromatic heterocycles. The molecule has 1 aliphatic carbocycles. The van der Waals surface area contributed by atoms with E-state index < -0.39 is 11.4 Å². The van der Waals surface area contributed by atoms with E-state index in [1.807, 2.05) is 24.3 Å². The van der Waals surface area contributed by atoms with Crippen molar-refractivity contribution in [3.05, 3.63) is 34.3 Å². The maximum absolute atomic E-state index is 11.7. The fourth-order valence-electron chi connectivity index (χ4n) is 3.13. The molecule has 3 N–H and O–H groups in total. The molecule has 1 atom stereocenters. The number of rotatable bonds is 4. The van der Waals surface area contributed by atoms with Crippen molar-refractivity contribution in [3.63, 3.8) is 0 Å². The van der Waals surface area contributed by atoms with Gasteiger partial charge in [0, 0.05) is 16.9 Å². The molecule has 18 heavy (non-hydrogen) atoms. The standard InChI is InChI=1S/C14H18BrNO2/c15-12-6-2-1-5-10(12)11(9-16)14(13(17)18)7-3-4-8-14/h1-2,5-6,11H,3-4,7-9,16H2,(H,17,18). The van der Waals surface area contributed by atoms with Crippen LogP contribution in [0.15, 0.2) is 28.7 Å². The van der Waals surface area contributed by atoms with Crippen LogP contribution in [0.4, 0.5) is 0 Å². The highest BCUT2D eigenvalue weighted by molar-refractivity contribution is 9.10. The Labute approximate surface area is 116 Å². The van der Waals surface area contributed by atoms with Crippen LogP contribution < -0.4 is 5.73 Å². The summed E-state index contributed by atoms with van der Waals surface area (Å²) in [5.74, 6) is -0.820. The molecule has 0 bridgehead atoms. The number of nitrogens with two attached hydrogens (primary N) is 1. The first-order valence-electron chi connectivity index (χ1n) is 6.30. The molecule has 0 radical (unpaired) electrons. The van der Waals surface area contributed by atoms with Gasteiger partial charge in [-0.1, -0.05) is 47.0 Å². The third-order valence-corrected chi connectivity index (χ3v) is 4.83. The van der Waals surface area contributed by atoms with Crippen molar-refractivity contribution < 1.29 is 9.90 Å². The van der Waals surface area contributed by atoms with E-state index >= 15 is 0 Å². The first-order chi connectivity index (χ1) is 8.62. The number of hydrogen-bond donors (Lipinski definition) is 2. The minimum atomic E-state index is -0.703. The first kappa shape index (κ1) is 13.6. The normalized spacial score (nSPS) is 19.7. The predicted molar refractivity (Wildman–Crippen MR) is 74.5 cm³/mol. The fourth-order valence-corrected chi connectivity index (χ4v) is 3.69. The number of aliphatic carboxylic acids is 1. The van der Waals surface area contributed by atoms with Gasteiger partial charge in [0.1, 0.15) is 0 Å². The number of carboxylic acids is 1. The third kappa shape index (κ3) is 2.19. The molecule has 0 spiro atoms. The highest BCUT2D eigenvalue weighted by atomic mass is 79.9. The third-order valence-electron chi connectivity index (χ3n) is 4.11. The van der Waals surface area contributed by atoms with Gasteiger partial charge in [0.25, 0.3) is 0 Å². The zero-order valence-electron chi connectivity index (χ0n) is 10.2. The van der Waals surface area contributed by atoms with Gasteiger partial charge in [0.15, 0.2) is 0 Å². The lowest BCUT2D eigenvalue weighted by atomic mass is 9.70. The SMILES string of the molecule is NCC(c1ccccc1Br)C1(C(=O)O)CCCC1. The molecule has 0 heterocycles. The first-order valence-corrected chi connectivity index (χ1v) is 7.09. The second-order valence-electron chi connectivity index (χ2n) is 4.98. The molecule has 0 aliphatic heterocycles. The molecule has 1 aromatic carbocycles. The van der Waals surface area contributed by atoms with E-state index in [2.05, 4.69) is 15.9 Å². The zero-order valence-corrected chi connectivity index (χ0v) is 11.8. The van der Waals surface area contributed by atoms with Crippen LogP contribution in [0.25, 0.3) is 0 Å². The summed E-state index contributed by atoms with van der Waals surface area (Å²) in [7, 11) is 0. The molecule has 1 aliphatic rings. The Morgan fingerprint density at radius 2 is 2.00 bits per heavy atom. The van der Waals surface area contributed by atoms with Crippen molar-refractivity contribution >= 4 is 21.9 Å². The molecule has 1 aromatic rings. The molecular formula is C14H18BrNO2. The van der Waals surface area contributed by atoms with Crippen LogP contribution in [-0.4, -0.2) is 17.6 Å². The van der Waals surface area contributed by atoms with Gasteiger partial charge in [0.2, 0.25) is 0 Å². The topological polar surface area (TPSA) is 63.3 Å². The highest BCUT2D eigenvalue weighted by Gasteiger charge is 2.48. The van der Waals surface area contributed by atoms with Crippen LogP contribution >= 0.6 is 15.9 Å². The molecule has 2 rings (SSSR count). The van der Waals surface area contributed by atoms with Gasteiger partial charge >= 0.3 is 5.97 Å². The summed E-state index contributed by atoms with van der Waals surface area (Å²) in [5, 5.41) is 9.65. The van der Waals surface area contributed by atoms with Crippen molar-refractivity contribution in [1.29, 1.82) is 0 Å². The van der Waals surface area contributed by atoms with Crippen LogP contribution in [-0.2, 0) is 4.79 Å². The summed E-state index contributed by atoms with van der Waals surface area (Å²) in [6, 6.07) is 7.80. The van der Waals surface area contributed by atoms with Crippen LogP contribution in [0.2, 0.25) is 0 Å². The Bertz CT molecular complexity index is 441. The Morgan fingerprint density at radius 1 is 1.39 bits per heavy atom. The molecule has 1 unspecified atom stereocenters. The fraction of sp³-hybridized carbons (Fsp3) is 0.500. The average Bonchev–Trinajstić information content (AvgIpc) is 2.83. The van der Waals surface area contributed by atoms with Crippen LogP contribution in [0, 0.1) is 5.41 Å². The van der Waals surface area contributed by atoms with Crippen molar-refractivity contribution in [1.82, 2.24) is 0 Å². The predicted octanol–water partition coefficient (Wildman–Crippen LogP) is 3.14. The second kappa shape index (κ2) is 5.41. The number of benzene rings is 1. The average molecular weight is 312 g/mol. The summed E-state index contributed by atoms with van der Waals surface area (Å²) < 4.78 is 0.952. The van der Waals surface area contributed by atoms with E-state index in [-0.39, 0.29) is 5.92 Å². The summed E-state index contributed by atoms with van der Waals surface area (Å²) in [4.78, 5) is 11.7. The van der Waals surface area contributed by atoms with Crippen molar-refractivity contribution in [3.8, 4) is 0 Å². The maximum Gasteiger partial charge on any atom is 0.310 e. The minimum absolute atomic E-state index is 0.118. The Kier molecular flexibility index (Phi) is 4.07. The zero-order chi connectivity index (χ0) is 13.2. The largest absolute Gasteiger partial charge is 0.481 e. The van der Waals surface area contributed by atoms with E-state index in [1.165, 1.54) is 0 Å². The summed E-state index contributed by atoms with van der Waals surface area (Å²) in [6.45, 7) is 0.370. The number of carboxylic acid groups (broad SMARTS) is 1. The van der Waals surface area contributed by atoms with Crippen LogP contribution in [0.1, 0.15) is 37.2 Å². The quantitative estimate of drug-likeness (QED) is 0.898. The smallest absolute Gasteiger partial charge is 0.310 e. The van der Waals surface area contributed by atoms with Crippen LogP contribution in [0.5, 0.6) is 0 Å². The highest BCUT2D eigenvalue weighted by Crippen LogP contribution is 2.49. The molecule has 4 heteroatoms. The number of halogens is 1. The summed E-state index contributed by atoms with van der Waals surface area (Å²) >= 11 is 3.51. The Balaban J connectivity index is 2.44. The monoisotopic (exact) mass is 311 g/mol. The van der Waals surface area contributed by atoms with Gasteiger partial charge in [-0.15, -0.1) is 0 Å².